The van der Waals surface area contributed by atoms with Crippen molar-refractivity contribution in [1.82, 2.24) is 15.0 Å². The molecule has 1 saturated heterocycles. The van der Waals surface area contributed by atoms with E-state index in [0.29, 0.717) is 34.8 Å². The number of hydrogen-bond donors (Lipinski definition) is 2. The van der Waals surface area contributed by atoms with Crippen molar-refractivity contribution >= 4 is 23.3 Å². The number of nitrogens with zero attached hydrogens (tertiary/aromatic N) is 3. The number of nitrogens with one attached hydrogen (secondary N) is 2. The van der Waals surface area contributed by atoms with E-state index < -0.39 is 6.03 Å². The molecule has 1 unspecified atom stereocenters. The zero-order valence-corrected chi connectivity index (χ0v) is 22.1. The number of aromatic nitrogens is 2. The van der Waals surface area contributed by atoms with Crippen LogP contribution in [-0.4, -0.2) is 52.1 Å². The van der Waals surface area contributed by atoms with Crippen molar-refractivity contribution in [2.24, 2.45) is 0 Å². The number of rotatable bonds is 8. The van der Waals surface area contributed by atoms with Crippen molar-refractivity contribution in [3.05, 3.63) is 65.7 Å². The smallest absolute Gasteiger partial charge is 0.324 e. The van der Waals surface area contributed by atoms with Crippen molar-refractivity contribution in [3.8, 4) is 5.75 Å². The average molecular weight is 506 g/mol. The number of ketones is 1. The summed E-state index contributed by atoms with van der Waals surface area (Å²) >= 11 is 0. The van der Waals surface area contributed by atoms with E-state index in [9.17, 15) is 9.59 Å². The Morgan fingerprint density at radius 1 is 1.14 bits per heavy atom. The Hall–Kier alpha value is -3.72. The number of Topliss-reactive ketones (excluding diaryl/α,β-unsaturated/α-hetero) is 1. The van der Waals surface area contributed by atoms with Gasteiger partial charge in [-0.05, 0) is 50.1 Å². The third-order valence-corrected chi connectivity index (χ3v) is 6.30. The van der Waals surface area contributed by atoms with E-state index in [2.05, 4.69) is 39.5 Å². The summed E-state index contributed by atoms with van der Waals surface area (Å²) in [7, 11) is 0. The molecule has 4 rings (SSSR count). The van der Waals surface area contributed by atoms with Crippen LogP contribution in [0.5, 0.6) is 5.75 Å². The SMILES string of the molecule is CC(C)N1CCC(Oc2ccc(C(=O)Cc3ccc(NC(=O)Nc4cc(C(C)(C)C)on4)cc3)nc2)C1. The van der Waals surface area contributed by atoms with Crippen LogP contribution in [0.4, 0.5) is 16.3 Å². The molecule has 2 aromatic heterocycles. The molecule has 0 bridgehead atoms. The highest BCUT2D eigenvalue weighted by atomic mass is 16.5. The Morgan fingerprint density at radius 2 is 1.89 bits per heavy atom. The van der Waals surface area contributed by atoms with Gasteiger partial charge < -0.3 is 14.6 Å². The fraction of sp³-hybridized carbons (Fsp3) is 0.429. The molecule has 9 nitrogen and oxygen atoms in total. The van der Waals surface area contributed by atoms with Gasteiger partial charge in [0, 0.05) is 42.7 Å². The summed E-state index contributed by atoms with van der Waals surface area (Å²) in [6, 6.07) is 12.4. The number of benzene rings is 1. The molecule has 0 spiro atoms. The van der Waals surface area contributed by atoms with E-state index in [4.69, 9.17) is 9.26 Å². The summed E-state index contributed by atoms with van der Waals surface area (Å²) in [5.74, 6) is 1.62. The maximum absolute atomic E-state index is 12.7. The molecular formula is C28H35N5O4. The lowest BCUT2D eigenvalue weighted by atomic mass is 9.93. The minimum Gasteiger partial charge on any atom is -0.487 e. The number of anilines is 2. The minimum absolute atomic E-state index is 0.0856. The fourth-order valence-corrected chi connectivity index (χ4v) is 4.07. The molecule has 3 heterocycles. The molecule has 1 aromatic carbocycles. The van der Waals surface area contributed by atoms with Crippen molar-refractivity contribution in [3.63, 3.8) is 0 Å². The third-order valence-electron chi connectivity index (χ3n) is 6.30. The fourth-order valence-electron chi connectivity index (χ4n) is 4.07. The number of pyridine rings is 1. The van der Waals surface area contributed by atoms with Crippen LogP contribution in [-0.2, 0) is 11.8 Å². The average Bonchev–Trinajstić information content (AvgIpc) is 3.51. The van der Waals surface area contributed by atoms with Gasteiger partial charge >= 0.3 is 6.03 Å². The zero-order chi connectivity index (χ0) is 26.6. The Kier molecular flexibility index (Phi) is 7.92. The van der Waals surface area contributed by atoms with Gasteiger partial charge in [-0.2, -0.15) is 0 Å². The van der Waals surface area contributed by atoms with Gasteiger partial charge in [0.1, 0.15) is 23.3 Å². The van der Waals surface area contributed by atoms with Crippen LogP contribution in [0, 0.1) is 0 Å². The highest BCUT2D eigenvalue weighted by Gasteiger charge is 2.25. The summed E-state index contributed by atoms with van der Waals surface area (Å²) in [5.41, 5.74) is 1.61. The topological polar surface area (TPSA) is 110 Å². The quantitative estimate of drug-likeness (QED) is 0.400. The monoisotopic (exact) mass is 505 g/mol. The van der Waals surface area contributed by atoms with Crippen LogP contribution < -0.4 is 15.4 Å². The first kappa shape index (κ1) is 26.3. The first-order chi connectivity index (χ1) is 17.6. The summed E-state index contributed by atoms with van der Waals surface area (Å²) in [4.78, 5) is 31.7. The highest BCUT2D eigenvalue weighted by molar-refractivity contribution is 5.99. The van der Waals surface area contributed by atoms with Crippen molar-refractivity contribution in [2.45, 2.75) is 65.0 Å². The molecule has 0 saturated carbocycles. The Balaban J connectivity index is 1.26. The normalized spacial score (nSPS) is 16.1. The van der Waals surface area contributed by atoms with Crippen LogP contribution in [0.3, 0.4) is 0 Å². The number of ether oxygens (including phenoxy) is 1. The lowest BCUT2D eigenvalue weighted by Crippen LogP contribution is -2.30. The van der Waals surface area contributed by atoms with Gasteiger partial charge in [-0.25, -0.2) is 9.78 Å². The van der Waals surface area contributed by atoms with Gasteiger partial charge in [0.2, 0.25) is 0 Å². The van der Waals surface area contributed by atoms with Crippen LogP contribution in [0.2, 0.25) is 0 Å². The van der Waals surface area contributed by atoms with Crippen LogP contribution in [0.1, 0.15) is 62.9 Å². The molecule has 2 N–H and O–H groups in total. The van der Waals surface area contributed by atoms with Crippen molar-refractivity contribution in [2.75, 3.05) is 23.7 Å². The number of hydrogen-bond acceptors (Lipinski definition) is 7. The van der Waals surface area contributed by atoms with Gasteiger partial charge in [-0.1, -0.05) is 38.1 Å². The largest absolute Gasteiger partial charge is 0.487 e. The summed E-state index contributed by atoms with van der Waals surface area (Å²) < 4.78 is 11.3. The van der Waals surface area contributed by atoms with Crippen molar-refractivity contribution in [1.29, 1.82) is 0 Å². The van der Waals surface area contributed by atoms with Crippen molar-refractivity contribution < 1.29 is 18.8 Å². The molecule has 9 heteroatoms. The summed E-state index contributed by atoms with van der Waals surface area (Å²) in [5, 5.41) is 9.28. The maximum atomic E-state index is 12.7. The Labute approximate surface area is 217 Å². The first-order valence-corrected chi connectivity index (χ1v) is 12.6. The number of carbonyl (C=O) groups excluding carboxylic acids is 2. The third kappa shape index (κ3) is 7.16. The van der Waals surface area contributed by atoms with E-state index in [1.165, 1.54) is 0 Å². The predicted molar refractivity (Wildman–Crippen MR) is 142 cm³/mol. The van der Waals surface area contributed by atoms with E-state index in [1.807, 2.05) is 26.8 Å². The van der Waals surface area contributed by atoms with Crippen LogP contribution in [0.15, 0.2) is 53.2 Å². The summed E-state index contributed by atoms with van der Waals surface area (Å²) in [6.45, 7) is 12.3. The second-order valence-corrected chi connectivity index (χ2v) is 10.7. The van der Waals surface area contributed by atoms with Gasteiger partial charge in [-0.15, -0.1) is 0 Å². The molecule has 0 aliphatic carbocycles. The lowest BCUT2D eigenvalue weighted by Gasteiger charge is -2.20. The highest BCUT2D eigenvalue weighted by Crippen LogP contribution is 2.24. The van der Waals surface area contributed by atoms with Crippen LogP contribution >= 0.6 is 0 Å². The number of carbonyl (C=O) groups is 2. The predicted octanol–water partition coefficient (Wildman–Crippen LogP) is 5.30. The molecule has 2 amide bonds. The molecule has 37 heavy (non-hydrogen) atoms. The van der Waals surface area contributed by atoms with E-state index in [-0.39, 0.29) is 23.7 Å². The van der Waals surface area contributed by atoms with Gasteiger partial charge in [-0.3, -0.25) is 15.0 Å². The van der Waals surface area contributed by atoms with E-state index in [0.717, 1.165) is 25.1 Å². The second-order valence-electron chi connectivity index (χ2n) is 10.7. The molecule has 1 aliphatic heterocycles. The molecule has 3 aromatic rings. The van der Waals surface area contributed by atoms with E-state index >= 15 is 0 Å². The lowest BCUT2D eigenvalue weighted by molar-refractivity contribution is 0.0988. The minimum atomic E-state index is -0.432. The molecule has 1 atom stereocenters. The van der Waals surface area contributed by atoms with E-state index in [1.54, 1.807) is 42.6 Å². The number of amides is 2. The number of urea groups is 1. The first-order valence-electron chi connectivity index (χ1n) is 12.6. The zero-order valence-electron chi connectivity index (χ0n) is 22.1. The molecule has 1 aliphatic rings. The van der Waals surface area contributed by atoms with Gasteiger partial charge in [0.25, 0.3) is 0 Å². The molecular weight excluding hydrogens is 470 g/mol. The number of likely N-dealkylation sites (tertiary alicyclic amines) is 1. The standard InChI is InChI=1S/C28H35N5O4/c1-18(2)33-13-12-22(17-33)36-21-10-11-23(29-16-21)24(34)14-19-6-8-20(9-7-19)30-27(35)31-26-15-25(37-32-26)28(3,4)5/h6-11,15-16,18,22H,12-14,17H2,1-5H3,(H2,30,31,32,35). The van der Waals surface area contributed by atoms with Gasteiger partial charge in [0.05, 0.1) is 6.20 Å². The Bertz CT molecular complexity index is 1210. The second kappa shape index (κ2) is 11.1. The maximum Gasteiger partial charge on any atom is 0.324 e. The molecule has 1 fully saturated rings. The van der Waals surface area contributed by atoms with Crippen LogP contribution in [0.25, 0.3) is 0 Å². The molecule has 0 radical (unpaired) electrons. The molecule has 196 valence electrons. The van der Waals surface area contributed by atoms with Gasteiger partial charge in [0.15, 0.2) is 11.6 Å². The summed E-state index contributed by atoms with van der Waals surface area (Å²) in [6.07, 6.45) is 2.97. The Morgan fingerprint density at radius 3 is 2.49 bits per heavy atom.